The highest BCUT2D eigenvalue weighted by Crippen LogP contribution is 2.29. The first kappa shape index (κ1) is 12.9. The molecule has 2 aromatic rings. The number of fused-ring (bicyclic) bond motifs is 3. The van der Waals surface area contributed by atoms with Crippen LogP contribution in [0.3, 0.4) is 0 Å². The van der Waals surface area contributed by atoms with E-state index in [4.69, 9.17) is 0 Å². The van der Waals surface area contributed by atoms with Gasteiger partial charge in [-0.15, -0.1) is 0 Å². The van der Waals surface area contributed by atoms with Crippen LogP contribution >= 0.6 is 0 Å². The highest BCUT2D eigenvalue weighted by molar-refractivity contribution is 5.98. The van der Waals surface area contributed by atoms with Crippen LogP contribution in [0.15, 0.2) is 30.5 Å². The number of carbonyl (C=O) groups is 1. The fraction of sp³-hybridized carbons (Fsp3) is 0.471. The van der Waals surface area contributed by atoms with Crippen molar-refractivity contribution >= 4 is 16.8 Å². The van der Waals surface area contributed by atoms with E-state index in [0.29, 0.717) is 12.1 Å². The number of aromatic nitrogens is 1. The average molecular weight is 283 g/mol. The Kier molecular flexibility index (Phi) is 3.00. The minimum atomic E-state index is 0.174. The van der Waals surface area contributed by atoms with Crippen molar-refractivity contribution in [2.45, 2.75) is 31.3 Å². The third kappa shape index (κ3) is 2.14. The normalized spacial score (nSPS) is 26.2. The summed E-state index contributed by atoms with van der Waals surface area (Å²) in [4.78, 5) is 20.5. The van der Waals surface area contributed by atoms with Gasteiger partial charge >= 0.3 is 0 Å². The van der Waals surface area contributed by atoms with Crippen molar-refractivity contribution in [2.24, 2.45) is 0 Å². The molecule has 2 unspecified atom stereocenters. The number of H-pyrrole nitrogens is 1. The molecule has 0 radical (unpaired) electrons. The molecular formula is C17H21N3O. The summed E-state index contributed by atoms with van der Waals surface area (Å²) in [6, 6.07) is 9.18. The van der Waals surface area contributed by atoms with Gasteiger partial charge in [-0.1, -0.05) is 6.07 Å². The fourth-order valence-corrected chi connectivity index (χ4v) is 3.86. The van der Waals surface area contributed by atoms with Gasteiger partial charge in [-0.3, -0.25) is 9.69 Å². The van der Waals surface area contributed by atoms with E-state index in [-0.39, 0.29) is 5.91 Å². The van der Waals surface area contributed by atoms with Gasteiger partial charge in [0.05, 0.1) is 0 Å². The lowest BCUT2D eigenvalue weighted by Gasteiger charge is -2.26. The number of likely N-dealkylation sites (N-methyl/N-ethyl adjacent to an activating group) is 1. The molecule has 4 heteroatoms. The van der Waals surface area contributed by atoms with Crippen molar-refractivity contribution in [3.63, 3.8) is 0 Å². The van der Waals surface area contributed by atoms with Crippen molar-refractivity contribution < 1.29 is 4.79 Å². The number of amides is 1. The third-order valence-electron chi connectivity index (χ3n) is 5.24. The zero-order valence-electron chi connectivity index (χ0n) is 12.4. The maximum atomic E-state index is 12.8. The molecule has 4 nitrogen and oxygen atoms in total. The number of nitrogens with zero attached hydrogens (tertiary/aromatic N) is 2. The molecule has 0 saturated carbocycles. The first-order valence-corrected chi connectivity index (χ1v) is 7.81. The number of hydrogen-bond acceptors (Lipinski definition) is 2. The molecule has 2 bridgehead atoms. The number of likely N-dealkylation sites (tertiary alicyclic amines) is 1. The predicted molar refractivity (Wildman–Crippen MR) is 83.4 cm³/mol. The van der Waals surface area contributed by atoms with Crippen molar-refractivity contribution in [1.29, 1.82) is 0 Å². The van der Waals surface area contributed by atoms with E-state index in [2.05, 4.69) is 16.9 Å². The average Bonchev–Trinajstić information content (AvgIpc) is 3.02. The molecule has 21 heavy (non-hydrogen) atoms. The number of hydrogen-bond donors (Lipinski definition) is 1. The Morgan fingerprint density at radius 1 is 1.19 bits per heavy atom. The molecule has 2 saturated heterocycles. The standard InChI is InChI=1S/C17H21N3O/c1-19-14-4-5-15(19)11-20(9-7-14)17(21)13-3-2-12-6-8-18-16(12)10-13/h2-3,6,8,10,14-15,18H,4-5,7,9,11H2,1H3. The zero-order valence-corrected chi connectivity index (χ0v) is 12.4. The van der Waals surface area contributed by atoms with Crippen molar-refractivity contribution in [2.75, 3.05) is 20.1 Å². The number of nitrogens with one attached hydrogen (secondary N) is 1. The lowest BCUT2D eigenvalue weighted by Crippen LogP contribution is -2.39. The first-order valence-electron chi connectivity index (χ1n) is 7.81. The van der Waals surface area contributed by atoms with E-state index in [0.717, 1.165) is 36.0 Å². The summed E-state index contributed by atoms with van der Waals surface area (Å²) in [5.74, 6) is 0.174. The second-order valence-corrected chi connectivity index (χ2v) is 6.37. The van der Waals surface area contributed by atoms with Crippen LogP contribution in [0.2, 0.25) is 0 Å². The van der Waals surface area contributed by atoms with Crippen LogP contribution in [-0.2, 0) is 0 Å². The maximum absolute atomic E-state index is 12.8. The smallest absolute Gasteiger partial charge is 0.253 e. The topological polar surface area (TPSA) is 39.3 Å². The van der Waals surface area contributed by atoms with Crippen molar-refractivity contribution in [3.8, 4) is 0 Å². The number of rotatable bonds is 1. The fourth-order valence-electron chi connectivity index (χ4n) is 3.86. The first-order chi connectivity index (χ1) is 10.2. The number of carbonyl (C=O) groups excluding carboxylic acids is 1. The van der Waals surface area contributed by atoms with Gasteiger partial charge in [0.1, 0.15) is 0 Å². The van der Waals surface area contributed by atoms with Gasteiger partial charge in [0.2, 0.25) is 0 Å². The van der Waals surface area contributed by atoms with E-state index in [1.807, 2.05) is 35.4 Å². The Morgan fingerprint density at radius 2 is 2.05 bits per heavy atom. The van der Waals surface area contributed by atoms with Crippen LogP contribution in [0.5, 0.6) is 0 Å². The SMILES string of the molecule is CN1C2CCC1CN(C(=O)c1ccc3cc[nH]c3c1)CC2. The molecule has 1 aromatic carbocycles. The summed E-state index contributed by atoms with van der Waals surface area (Å²) in [7, 11) is 2.21. The predicted octanol–water partition coefficient (Wildman–Crippen LogP) is 2.48. The van der Waals surface area contributed by atoms with E-state index in [1.165, 1.54) is 12.8 Å². The van der Waals surface area contributed by atoms with E-state index < -0.39 is 0 Å². The Balaban J connectivity index is 1.59. The zero-order chi connectivity index (χ0) is 14.4. The van der Waals surface area contributed by atoms with Crippen LogP contribution in [0.4, 0.5) is 0 Å². The third-order valence-corrected chi connectivity index (χ3v) is 5.24. The Morgan fingerprint density at radius 3 is 2.95 bits per heavy atom. The van der Waals surface area contributed by atoms with Gasteiger partial charge in [-0.25, -0.2) is 0 Å². The summed E-state index contributed by atoms with van der Waals surface area (Å²) >= 11 is 0. The highest BCUT2D eigenvalue weighted by atomic mass is 16.2. The Hall–Kier alpha value is -1.81. The monoisotopic (exact) mass is 283 g/mol. The van der Waals surface area contributed by atoms with Crippen LogP contribution in [0.25, 0.3) is 10.9 Å². The molecule has 110 valence electrons. The van der Waals surface area contributed by atoms with Crippen LogP contribution in [0, 0.1) is 0 Å². The minimum Gasteiger partial charge on any atom is -0.361 e. The lowest BCUT2D eigenvalue weighted by molar-refractivity contribution is 0.0740. The molecule has 0 aliphatic carbocycles. The van der Waals surface area contributed by atoms with Crippen LogP contribution in [0.1, 0.15) is 29.6 Å². The summed E-state index contributed by atoms with van der Waals surface area (Å²) in [5, 5.41) is 1.15. The quantitative estimate of drug-likeness (QED) is 0.873. The van der Waals surface area contributed by atoms with Crippen LogP contribution < -0.4 is 0 Å². The molecule has 4 rings (SSSR count). The van der Waals surface area contributed by atoms with Crippen LogP contribution in [-0.4, -0.2) is 52.9 Å². The summed E-state index contributed by atoms with van der Waals surface area (Å²) in [5.41, 5.74) is 1.83. The van der Waals surface area contributed by atoms with E-state index in [9.17, 15) is 4.79 Å². The highest BCUT2D eigenvalue weighted by Gasteiger charge is 2.36. The molecule has 0 spiro atoms. The van der Waals surface area contributed by atoms with Gasteiger partial charge in [-0.05, 0) is 49.9 Å². The molecule has 3 heterocycles. The largest absolute Gasteiger partial charge is 0.361 e. The minimum absolute atomic E-state index is 0.174. The number of benzene rings is 1. The van der Waals surface area contributed by atoms with Gasteiger partial charge in [-0.2, -0.15) is 0 Å². The van der Waals surface area contributed by atoms with Crippen molar-refractivity contribution in [1.82, 2.24) is 14.8 Å². The second-order valence-electron chi connectivity index (χ2n) is 6.37. The maximum Gasteiger partial charge on any atom is 0.253 e. The van der Waals surface area contributed by atoms with E-state index in [1.54, 1.807) is 0 Å². The molecule has 1 amide bonds. The van der Waals surface area contributed by atoms with Gasteiger partial charge < -0.3 is 9.88 Å². The van der Waals surface area contributed by atoms with Gasteiger partial charge in [0.25, 0.3) is 5.91 Å². The second kappa shape index (κ2) is 4.88. The molecule has 2 aliphatic rings. The van der Waals surface area contributed by atoms with Gasteiger partial charge in [0.15, 0.2) is 0 Å². The summed E-state index contributed by atoms with van der Waals surface area (Å²) < 4.78 is 0. The molecule has 2 aliphatic heterocycles. The Bertz CT molecular complexity index is 677. The molecule has 1 aromatic heterocycles. The lowest BCUT2D eigenvalue weighted by atomic mass is 10.1. The van der Waals surface area contributed by atoms with Gasteiger partial charge in [0, 0.05) is 42.5 Å². The molecule has 2 fully saturated rings. The summed E-state index contributed by atoms with van der Waals surface area (Å²) in [6.45, 7) is 1.75. The Labute approximate surface area is 124 Å². The van der Waals surface area contributed by atoms with Crippen molar-refractivity contribution in [3.05, 3.63) is 36.0 Å². The molecular weight excluding hydrogens is 262 g/mol. The van der Waals surface area contributed by atoms with E-state index >= 15 is 0 Å². The molecule has 1 N–H and O–H groups in total. The summed E-state index contributed by atoms with van der Waals surface area (Å²) in [6.07, 6.45) is 5.53. The number of aromatic amines is 1. The molecule has 2 atom stereocenters.